The van der Waals surface area contributed by atoms with Crippen molar-refractivity contribution in [3.05, 3.63) is 23.5 Å². The summed E-state index contributed by atoms with van der Waals surface area (Å²) in [7, 11) is 0. The summed E-state index contributed by atoms with van der Waals surface area (Å²) in [5, 5.41) is 9.25. The van der Waals surface area contributed by atoms with Gasteiger partial charge in [-0.05, 0) is 18.6 Å². The van der Waals surface area contributed by atoms with Crippen molar-refractivity contribution in [2.75, 3.05) is 0 Å². The zero-order valence-corrected chi connectivity index (χ0v) is 12.0. The van der Waals surface area contributed by atoms with Gasteiger partial charge >= 0.3 is 0 Å². The molecule has 1 N–H and O–H groups in total. The summed E-state index contributed by atoms with van der Waals surface area (Å²) in [6.45, 7) is 16.2. The fraction of sp³-hybridized carbons (Fsp3) is 0.643. The summed E-state index contributed by atoms with van der Waals surface area (Å²) < 4.78 is 0. The molecule has 1 aromatic rings. The molecule has 1 aromatic heterocycles. The maximum absolute atomic E-state index is 9.25. The molecule has 0 aromatic carbocycles. The van der Waals surface area contributed by atoms with Gasteiger partial charge in [-0.1, -0.05) is 48.5 Å². The Morgan fingerprint density at radius 1 is 1.06 bits per heavy atom. The molecular formula is C14H27NO. The van der Waals surface area contributed by atoms with Gasteiger partial charge in [-0.15, -0.1) is 0 Å². The summed E-state index contributed by atoms with van der Waals surface area (Å²) >= 11 is 0. The minimum absolute atomic E-state index is 0.0540. The Morgan fingerprint density at radius 2 is 1.50 bits per heavy atom. The first kappa shape index (κ1) is 17.3. The maximum Gasteiger partial charge on any atom is 0.136 e. The lowest BCUT2D eigenvalue weighted by molar-refractivity contribution is 0.465. The molecule has 0 saturated heterocycles. The third-order valence-corrected chi connectivity index (χ3v) is 1.85. The maximum atomic E-state index is 9.25. The van der Waals surface area contributed by atoms with Crippen LogP contribution in [0.1, 0.15) is 59.7 Å². The fourth-order valence-corrected chi connectivity index (χ4v) is 0.959. The van der Waals surface area contributed by atoms with Crippen molar-refractivity contribution in [3.8, 4) is 5.75 Å². The number of rotatable bonds is 0. The highest BCUT2D eigenvalue weighted by Gasteiger charge is 2.15. The van der Waals surface area contributed by atoms with E-state index in [0.29, 0.717) is 0 Å². The zero-order valence-electron chi connectivity index (χ0n) is 12.0. The van der Waals surface area contributed by atoms with Crippen LogP contribution in [0.3, 0.4) is 0 Å². The molecule has 1 heterocycles. The number of aromatic hydroxyl groups is 1. The van der Waals surface area contributed by atoms with E-state index in [1.807, 2.05) is 40.7 Å². The van der Waals surface area contributed by atoms with Crippen molar-refractivity contribution in [2.45, 2.75) is 60.8 Å². The molecule has 0 fully saturated rings. The van der Waals surface area contributed by atoms with E-state index in [9.17, 15) is 5.11 Å². The number of nitrogens with zero attached hydrogens (tertiary/aromatic N) is 1. The van der Waals surface area contributed by atoms with Crippen LogP contribution in [-0.4, -0.2) is 10.1 Å². The molecule has 2 nitrogen and oxygen atoms in total. The van der Waals surface area contributed by atoms with E-state index >= 15 is 0 Å². The van der Waals surface area contributed by atoms with Gasteiger partial charge in [0, 0.05) is 11.1 Å². The van der Waals surface area contributed by atoms with E-state index in [1.54, 1.807) is 0 Å². The van der Waals surface area contributed by atoms with Crippen LogP contribution >= 0.6 is 0 Å². The molecule has 0 aliphatic rings. The molecule has 0 amide bonds. The third-order valence-electron chi connectivity index (χ3n) is 1.85. The van der Waals surface area contributed by atoms with Crippen LogP contribution < -0.4 is 0 Å². The number of hydrogen-bond acceptors (Lipinski definition) is 2. The minimum atomic E-state index is 0.0540. The summed E-state index contributed by atoms with van der Waals surface area (Å²) in [6.07, 6.45) is 1.51. The van der Waals surface area contributed by atoms with Crippen LogP contribution in [0.25, 0.3) is 0 Å². The van der Waals surface area contributed by atoms with Gasteiger partial charge in [-0.25, -0.2) is 0 Å². The van der Waals surface area contributed by atoms with Gasteiger partial charge in [-0.2, -0.15) is 0 Å². The summed E-state index contributed by atoms with van der Waals surface area (Å²) in [4.78, 5) is 4.16. The molecule has 1 rings (SSSR count). The first-order chi connectivity index (χ1) is 7.41. The van der Waals surface area contributed by atoms with Gasteiger partial charge in [0.15, 0.2) is 0 Å². The van der Waals surface area contributed by atoms with Crippen LogP contribution in [0.15, 0.2) is 12.3 Å². The Hall–Kier alpha value is -1.05. The largest absolute Gasteiger partial charge is 0.506 e. The van der Waals surface area contributed by atoms with Crippen molar-refractivity contribution < 1.29 is 5.11 Å². The first-order valence-corrected chi connectivity index (χ1v) is 6.07. The minimum Gasteiger partial charge on any atom is -0.506 e. The Kier molecular flexibility index (Phi) is 8.83. The Labute approximate surface area is 101 Å². The van der Waals surface area contributed by atoms with Crippen LogP contribution in [0.2, 0.25) is 0 Å². The molecule has 0 bridgehead atoms. The quantitative estimate of drug-likeness (QED) is 0.708. The first-order valence-electron chi connectivity index (χ1n) is 6.07. The standard InChI is InChI=1S/C10H15NO.2C2H6/c1-7-5-9(10(2,3)4)11-6-8(7)12;2*1-2/h5-6,12H,1-4H3;2*1-2H3. The summed E-state index contributed by atoms with van der Waals surface area (Å²) in [6, 6.07) is 1.93. The predicted molar refractivity (Wildman–Crippen MR) is 72.0 cm³/mol. The van der Waals surface area contributed by atoms with Crippen molar-refractivity contribution in [1.82, 2.24) is 4.98 Å². The van der Waals surface area contributed by atoms with Gasteiger partial charge in [0.1, 0.15) is 5.75 Å². The topological polar surface area (TPSA) is 33.1 Å². The molecule has 0 unspecified atom stereocenters. The van der Waals surface area contributed by atoms with E-state index in [0.717, 1.165) is 11.3 Å². The molecule has 2 heteroatoms. The fourth-order valence-electron chi connectivity index (χ4n) is 0.959. The third kappa shape index (κ3) is 5.74. The molecular weight excluding hydrogens is 198 g/mol. The second-order valence-electron chi connectivity index (χ2n) is 4.11. The van der Waals surface area contributed by atoms with Gasteiger partial charge in [0.25, 0.3) is 0 Å². The van der Waals surface area contributed by atoms with Gasteiger partial charge in [0.2, 0.25) is 0 Å². The Balaban J connectivity index is 0. The highest BCUT2D eigenvalue weighted by Crippen LogP contribution is 2.23. The molecule has 0 spiro atoms. The van der Waals surface area contributed by atoms with E-state index in [1.165, 1.54) is 6.20 Å². The SMILES string of the molecule is CC.CC.Cc1cc(C(C)(C)C)ncc1O. The predicted octanol–water partition coefficient (Wildman–Crippen LogP) is 4.45. The average molecular weight is 225 g/mol. The highest BCUT2D eigenvalue weighted by molar-refractivity contribution is 5.31. The highest BCUT2D eigenvalue weighted by atomic mass is 16.3. The molecule has 0 saturated carbocycles. The van der Waals surface area contributed by atoms with E-state index in [4.69, 9.17) is 0 Å². The molecule has 0 aliphatic heterocycles. The molecule has 0 radical (unpaired) electrons. The van der Waals surface area contributed by atoms with Crippen LogP contribution in [-0.2, 0) is 5.41 Å². The van der Waals surface area contributed by atoms with Crippen LogP contribution in [0, 0.1) is 6.92 Å². The van der Waals surface area contributed by atoms with Gasteiger partial charge in [-0.3, -0.25) is 4.98 Å². The molecule has 0 aliphatic carbocycles. The number of pyridine rings is 1. The van der Waals surface area contributed by atoms with E-state index in [2.05, 4.69) is 25.8 Å². The van der Waals surface area contributed by atoms with Gasteiger partial charge in [0.05, 0.1) is 6.20 Å². The zero-order chi connectivity index (χ0) is 13.4. The van der Waals surface area contributed by atoms with E-state index < -0.39 is 0 Å². The van der Waals surface area contributed by atoms with Crippen LogP contribution in [0.4, 0.5) is 0 Å². The molecule has 16 heavy (non-hydrogen) atoms. The van der Waals surface area contributed by atoms with Crippen molar-refractivity contribution in [2.24, 2.45) is 0 Å². The lowest BCUT2D eigenvalue weighted by atomic mass is 9.91. The number of hydrogen-bond donors (Lipinski definition) is 1. The van der Waals surface area contributed by atoms with Gasteiger partial charge < -0.3 is 5.11 Å². The number of aromatic nitrogens is 1. The number of aryl methyl sites for hydroxylation is 1. The Bertz CT molecular complexity index is 287. The monoisotopic (exact) mass is 225 g/mol. The smallest absolute Gasteiger partial charge is 0.136 e. The second kappa shape index (κ2) is 8.14. The van der Waals surface area contributed by atoms with Crippen molar-refractivity contribution >= 4 is 0 Å². The van der Waals surface area contributed by atoms with E-state index in [-0.39, 0.29) is 11.2 Å². The summed E-state index contributed by atoms with van der Waals surface area (Å²) in [5.41, 5.74) is 1.95. The normalized spacial score (nSPS) is 9.50. The lowest BCUT2D eigenvalue weighted by Crippen LogP contribution is -2.13. The average Bonchev–Trinajstić information content (AvgIpc) is 2.26. The van der Waals surface area contributed by atoms with Crippen LogP contribution in [0.5, 0.6) is 5.75 Å². The Morgan fingerprint density at radius 3 is 1.81 bits per heavy atom. The van der Waals surface area contributed by atoms with Crippen molar-refractivity contribution in [1.29, 1.82) is 0 Å². The lowest BCUT2D eigenvalue weighted by Gasteiger charge is -2.17. The van der Waals surface area contributed by atoms with Crippen molar-refractivity contribution in [3.63, 3.8) is 0 Å². The molecule has 0 atom stereocenters. The molecule has 94 valence electrons. The second-order valence-corrected chi connectivity index (χ2v) is 4.11. The summed E-state index contributed by atoms with van der Waals surface area (Å²) in [5.74, 6) is 0.267.